The number of esters is 4. The monoisotopic (exact) mass is 1170 g/mol. The van der Waals surface area contributed by atoms with Gasteiger partial charge in [0, 0.05) is 53.9 Å². The van der Waals surface area contributed by atoms with Crippen molar-refractivity contribution in [2.75, 3.05) is 28.2 Å². The Labute approximate surface area is 491 Å². The Bertz CT molecular complexity index is 2630. The van der Waals surface area contributed by atoms with Gasteiger partial charge in [-0.15, -0.1) is 10.2 Å². The largest absolute Gasteiger partial charge is 0.451 e. The number of likely N-dealkylation sites (N-methyl/N-ethyl adjacent to an activating group) is 4. The molecule has 3 heterocycles. The third-order valence-corrected chi connectivity index (χ3v) is 16.2. The van der Waals surface area contributed by atoms with Crippen molar-refractivity contribution in [3.8, 4) is 0 Å². The highest BCUT2D eigenvalue weighted by Crippen LogP contribution is 2.26. The van der Waals surface area contributed by atoms with E-state index < -0.39 is 96.1 Å². The summed E-state index contributed by atoms with van der Waals surface area (Å²) in [7, 11) is 5.58. The molecule has 0 bridgehead atoms. The van der Waals surface area contributed by atoms with E-state index in [-0.39, 0.29) is 62.2 Å². The fraction of sp³-hybridized carbons (Fsp3) is 0.600. The van der Waals surface area contributed by atoms with Gasteiger partial charge < -0.3 is 38.5 Å². The number of amides is 4. The van der Waals surface area contributed by atoms with Gasteiger partial charge in [0.25, 0.3) is 23.6 Å². The fourth-order valence-corrected chi connectivity index (χ4v) is 11.0. The molecule has 0 radical (unpaired) electrons. The van der Waals surface area contributed by atoms with Gasteiger partial charge in [-0.05, 0) is 122 Å². The van der Waals surface area contributed by atoms with Crippen molar-refractivity contribution < 1.29 is 57.3 Å². The molecule has 4 aromatic rings. The summed E-state index contributed by atoms with van der Waals surface area (Å²) in [5.74, 6) is -7.43. The molecule has 0 aliphatic carbocycles. The number of aromatic nitrogens is 4. The van der Waals surface area contributed by atoms with Crippen LogP contribution < -0.4 is 0 Å². The Morgan fingerprint density at radius 2 is 0.671 bits per heavy atom. The second-order valence-electron chi connectivity index (χ2n) is 23.3. The number of rotatable bonds is 16. The van der Waals surface area contributed by atoms with E-state index in [2.05, 4.69) is 19.2 Å². The van der Waals surface area contributed by atoms with E-state index in [0.29, 0.717) is 24.0 Å². The third-order valence-electron chi connectivity index (χ3n) is 14.6. The first kappa shape index (κ1) is 66.1. The maximum atomic E-state index is 15.0. The standard InChI is InChI=1S/C60H84N8O12S2/c1-33(2)25-45-57(73)77-39(11)53(69)65(13)48(28-36(7)8)60(76)80-50(30-42-19-23-44(24-20-42)32-52-38(10)62-64-82-52)56(72)68(16)46(26-34(3)4)58(74)78-40(12)54(70)66(14)47(27-35(5)6)59(75)79-49(55(71)67(45)15)29-41-17-21-43(22-18-41)31-51-37(9)61-63-81-51/h17-24,33-36,39-40,45-50H,25-32H2,1-16H3/t39-,40-,45+,46+,47+,48+,49-,50-/m1/s1. The van der Waals surface area contributed by atoms with Crippen LogP contribution in [0.1, 0.15) is 138 Å². The smallest absolute Gasteiger partial charge is 0.329 e. The highest BCUT2D eigenvalue weighted by atomic mass is 32.1. The molecule has 1 aliphatic heterocycles. The average molecular weight is 1170 g/mol. The molecular weight excluding hydrogens is 1090 g/mol. The SMILES string of the molecule is Cc1nnsc1Cc1ccc(C[C@H]2OC(=O)[C@H](CC(C)C)N(C)C(=O)[C@@H](C)OC(=O)[C@H](CC(C)C)N(C)C(=O)[C@@H](Cc3ccc(Cc4snnc4C)cc3)OC(=O)[C@H](CC(C)C)N(C)C(=O)[C@@H](C)OC(=O)[C@H](CC(C)C)N(C)C2=O)cc1. The van der Waals surface area contributed by atoms with Gasteiger partial charge in [0.2, 0.25) is 0 Å². The van der Waals surface area contributed by atoms with Gasteiger partial charge in [0.05, 0.1) is 21.1 Å². The summed E-state index contributed by atoms with van der Waals surface area (Å²) >= 11 is 2.60. The third kappa shape index (κ3) is 18.2. The van der Waals surface area contributed by atoms with Crippen LogP contribution in [-0.2, 0) is 83.0 Å². The minimum absolute atomic E-state index is 0.0824. The molecule has 0 saturated carbocycles. The molecular formula is C60H84N8O12S2. The Morgan fingerprint density at radius 1 is 0.415 bits per heavy atom. The average Bonchev–Trinajstić information content (AvgIpc) is 4.20. The Kier molecular flexibility index (Phi) is 24.2. The van der Waals surface area contributed by atoms with E-state index in [1.807, 2.05) is 118 Å². The van der Waals surface area contributed by atoms with E-state index in [1.54, 1.807) is 0 Å². The summed E-state index contributed by atoms with van der Waals surface area (Å²) in [5.41, 5.74) is 4.79. The van der Waals surface area contributed by atoms with Gasteiger partial charge in [0.15, 0.2) is 24.4 Å². The summed E-state index contributed by atoms with van der Waals surface area (Å²) in [6.45, 7) is 21.3. The Hall–Kier alpha value is -6.68. The van der Waals surface area contributed by atoms with Crippen molar-refractivity contribution >= 4 is 70.6 Å². The van der Waals surface area contributed by atoms with Gasteiger partial charge in [-0.1, -0.05) is 113 Å². The molecule has 1 saturated heterocycles. The molecule has 82 heavy (non-hydrogen) atoms. The second-order valence-corrected chi connectivity index (χ2v) is 25.0. The van der Waals surface area contributed by atoms with Crippen molar-refractivity contribution in [1.82, 2.24) is 38.8 Å². The quantitative estimate of drug-likeness (QED) is 0.0798. The molecule has 448 valence electrons. The maximum Gasteiger partial charge on any atom is 0.329 e. The molecule has 0 unspecified atom stereocenters. The molecule has 1 aliphatic rings. The van der Waals surface area contributed by atoms with Crippen LogP contribution in [0, 0.1) is 37.5 Å². The van der Waals surface area contributed by atoms with Gasteiger partial charge in [0.1, 0.15) is 24.2 Å². The van der Waals surface area contributed by atoms with Crippen LogP contribution in [-0.4, -0.2) is 163 Å². The topological polar surface area (TPSA) is 238 Å². The van der Waals surface area contributed by atoms with Gasteiger partial charge in [-0.3, -0.25) is 19.2 Å². The number of cyclic esters (lactones) is 4. The number of hydrogen-bond acceptors (Lipinski definition) is 18. The number of carbonyl (C=O) groups excluding carboxylic acids is 8. The maximum absolute atomic E-state index is 15.0. The van der Waals surface area contributed by atoms with E-state index in [1.165, 1.54) is 65.1 Å². The highest BCUT2D eigenvalue weighted by molar-refractivity contribution is 7.05. The molecule has 0 N–H and O–H groups in total. The van der Waals surface area contributed by atoms with Gasteiger partial charge >= 0.3 is 23.9 Å². The molecule has 0 spiro atoms. The van der Waals surface area contributed by atoms with Crippen LogP contribution in [0.4, 0.5) is 0 Å². The first-order valence-corrected chi connectivity index (χ1v) is 29.7. The first-order chi connectivity index (χ1) is 38.6. The second kappa shape index (κ2) is 30.0. The molecule has 2 aromatic heterocycles. The van der Waals surface area contributed by atoms with E-state index in [4.69, 9.17) is 18.9 Å². The van der Waals surface area contributed by atoms with E-state index in [0.717, 1.165) is 51.9 Å². The van der Waals surface area contributed by atoms with Gasteiger partial charge in [-0.25, -0.2) is 19.2 Å². The number of hydrogen-bond donors (Lipinski definition) is 0. The molecule has 2 aromatic carbocycles. The lowest BCUT2D eigenvalue weighted by atomic mass is 9.99. The summed E-state index contributed by atoms with van der Waals surface area (Å²) in [5, 5.41) is 8.22. The normalized spacial score (nSPS) is 23.0. The lowest BCUT2D eigenvalue weighted by molar-refractivity contribution is -0.176. The summed E-state index contributed by atoms with van der Waals surface area (Å²) < 4.78 is 32.3. The Balaban J connectivity index is 1.59. The van der Waals surface area contributed by atoms with Crippen molar-refractivity contribution in [2.24, 2.45) is 23.7 Å². The summed E-state index contributed by atoms with van der Waals surface area (Å²) in [4.78, 5) is 124. The Morgan fingerprint density at radius 3 is 0.927 bits per heavy atom. The number of ether oxygens (including phenoxy) is 4. The van der Waals surface area contributed by atoms with Crippen molar-refractivity contribution in [2.45, 2.75) is 183 Å². The molecule has 20 nitrogen and oxygen atoms in total. The number of aryl methyl sites for hydroxylation is 2. The number of nitrogens with zero attached hydrogens (tertiary/aromatic N) is 8. The zero-order valence-corrected chi connectivity index (χ0v) is 52.1. The van der Waals surface area contributed by atoms with E-state index in [9.17, 15) is 28.8 Å². The predicted octanol–water partition coefficient (Wildman–Crippen LogP) is 7.17. The molecule has 4 amide bonds. The lowest BCUT2D eigenvalue weighted by Crippen LogP contribution is -2.55. The van der Waals surface area contributed by atoms with Crippen LogP contribution in [0.3, 0.4) is 0 Å². The predicted molar refractivity (Wildman–Crippen MR) is 310 cm³/mol. The van der Waals surface area contributed by atoms with Crippen molar-refractivity contribution in [1.29, 1.82) is 0 Å². The summed E-state index contributed by atoms with van der Waals surface area (Å²) in [6.07, 6.45) is -4.81. The summed E-state index contributed by atoms with van der Waals surface area (Å²) in [6, 6.07) is 9.69. The molecule has 22 heteroatoms. The minimum Gasteiger partial charge on any atom is -0.451 e. The van der Waals surface area contributed by atoms with Crippen LogP contribution in [0.5, 0.6) is 0 Å². The van der Waals surface area contributed by atoms with Crippen molar-refractivity contribution in [3.63, 3.8) is 0 Å². The zero-order chi connectivity index (χ0) is 60.9. The fourth-order valence-electron chi connectivity index (χ4n) is 9.69. The lowest BCUT2D eigenvalue weighted by Gasteiger charge is -2.35. The van der Waals surface area contributed by atoms with Crippen LogP contribution in [0.2, 0.25) is 0 Å². The highest BCUT2D eigenvalue weighted by Gasteiger charge is 2.43. The van der Waals surface area contributed by atoms with Gasteiger partial charge in [-0.2, -0.15) is 0 Å². The van der Waals surface area contributed by atoms with Crippen LogP contribution in [0.15, 0.2) is 48.5 Å². The molecule has 1 fully saturated rings. The van der Waals surface area contributed by atoms with Crippen LogP contribution in [0.25, 0.3) is 0 Å². The zero-order valence-electron chi connectivity index (χ0n) is 50.5. The first-order valence-electron chi connectivity index (χ1n) is 28.2. The minimum atomic E-state index is -1.53. The van der Waals surface area contributed by atoms with E-state index >= 15 is 9.59 Å². The number of carbonyl (C=O) groups is 8. The molecule has 5 rings (SSSR count). The molecule has 8 atom stereocenters. The van der Waals surface area contributed by atoms with Crippen molar-refractivity contribution in [3.05, 3.63) is 91.9 Å². The number of benzene rings is 2. The van der Waals surface area contributed by atoms with Crippen LogP contribution >= 0.6 is 23.1 Å².